The molecular weight excluding hydrogens is 412 g/mol. The number of hydrogen-bond donors (Lipinski definition) is 0. The molecule has 2 aromatic heterocycles. The number of aromatic nitrogens is 4. The summed E-state index contributed by atoms with van der Waals surface area (Å²) in [4.78, 5) is 12.2. The van der Waals surface area contributed by atoms with Crippen LogP contribution in [-0.4, -0.2) is 30.1 Å². The van der Waals surface area contributed by atoms with Crippen molar-refractivity contribution >= 4 is 67.4 Å². The minimum absolute atomic E-state index is 0.290. The van der Waals surface area contributed by atoms with Gasteiger partial charge in [-0.3, -0.25) is 0 Å². The standard InChI is InChI=1S/C15H8BrN4O2S2/c1-2-22-15(21)9-3-7(5-11-13(9)19-23-17-11)8-4-10(16)14-12(6-8)18-24-20-14/h4-6H,2H2,1H3. The fourth-order valence-electron chi connectivity index (χ4n) is 2.34. The zero-order valence-electron chi connectivity index (χ0n) is 12.2. The molecule has 0 aliphatic heterocycles. The lowest BCUT2D eigenvalue weighted by atomic mass is 10.0. The number of fused-ring (bicyclic) bond motifs is 2. The second-order valence-electron chi connectivity index (χ2n) is 4.87. The van der Waals surface area contributed by atoms with Gasteiger partial charge < -0.3 is 4.74 Å². The predicted octanol–water partition coefficient (Wildman–Crippen LogP) is 4.10. The fraction of sp³-hybridized carbons (Fsp3) is 0.133. The van der Waals surface area contributed by atoms with E-state index in [0.717, 1.165) is 50.1 Å². The monoisotopic (exact) mass is 419 g/mol. The molecule has 0 saturated carbocycles. The van der Waals surface area contributed by atoms with Gasteiger partial charge in [0.15, 0.2) is 0 Å². The van der Waals surface area contributed by atoms with E-state index < -0.39 is 5.97 Å². The zero-order valence-corrected chi connectivity index (χ0v) is 15.5. The molecule has 0 N–H and O–H groups in total. The van der Waals surface area contributed by atoms with Crippen molar-refractivity contribution in [3.8, 4) is 11.1 Å². The van der Waals surface area contributed by atoms with Crippen molar-refractivity contribution in [3.63, 3.8) is 0 Å². The fourth-order valence-corrected chi connectivity index (χ4v) is 4.07. The lowest BCUT2D eigenvalue weighted by Crippen LogP contribution is -2.06. The molecule has 6 nitrogen and oxygen atoms in total. The second-order valence-corrected chi connectivity index (χ2v) is 6.78. The molecule has 0 saturated heterocycles. The Bertz CT molecular complexity index is 1080. The lowest BCUT2D eigenvalue weighted by molar-refractivity contribution is 0.0528. The van der Waals surface area contributed by atoms with Gasteiger partial charge in [0.1, 0.15) is 22.1 Å². The van der Waals surface area contributed by atoms with Crippen LogP contribution in [0.3, 0.4) is 0 Å². The van der Waals surface area contributed by atoms with Crippen LogP contribution in [0.15, 0.2) is 22.7 Å². The largest absolute Gasteiger partial charge is 0.462 e. The van der Waals surface area contributed by atoms with Crippen LogP contribution in [0.4, 0.5) is 0 Å². The number of carbonyl (C=O) groups excluding carboxylic acids is 1. The molecule has 2 heterocycles. The highest BCUT2D eigenvalue weighted by Gasteiger charge is 2.18. The van der Waals surface area contributed by atoms with Crippen molar-refractivity contribution in [2.45, 2.75) is 6.92 Å². The van der Waals surface area contributed by atoms with Gasteiger partial charge in [-0.1, -0.05) is 0 Å². The van der Waals surface area contributed by atoms with Crippen molar-refractivity contribution < 1.29 is 9.53 Å². The topological polar surface area (TPSA) is 77.9 Å². The molecule has 4 rings (SSSR count). The molecular formula is C15H8BrN4O2S2. The molecule has 1 radical (unpaired) electrons. The summed E-state index contributed by atoms with van der Waals surface area (Å²) < 4.78 is 22.9. The highest BCUT2D eigenvalue weighted by Crippen LogP contribution is 2.32. The van der Waals surface area contributed by atoms with Crippen LogP contribution in [0.5, 0.6) is 0 Å². The molecule has 0 amide bonds. The van der Waals surface area contributed by atoms with Gasteiger partial charge >= 0.3 is 5.97 Å². The maximum absolute atomic E-state index is 12.2. The van der Waals surface area contributed by atoms with E-state index in [-0.39, 0.29) is 6.61 Å². The normalized spacial score (nSPS) is 11.2. The van der Waals surface area contributed by atoms with Crippen LogP contribution in [0.2, 0.25) is 0 Å². The van der Waals surface area contributed by atoms with Gasteiger partial charge in [-0.25, -0.2) is 4.79 Å². The van der Waals surface area contributed by atoms with E-state index in [1.54, 1.807) is 6.92 Å². The van der Waals surface area contributed by atoms with E-state index in [9.17, 15) is 4.79 Å². The Morgan fingerprint density at radius 3 is 2.58 bits per heavy atom. The first-order chi connectivity index (χ1) is 11.7. The average Bonchev–Trinajstić information content (AvgIpc) is 3.22. The number of halogens is 1. The van der Waals surface area contributed by atoms with Crippen LogP contribution >= 0.6 is 39.4 Å². The Balaban J connectivity index is 1.93. The van der Waals surface area contributed by atoms with Gasteiger partial charge in [-0.05, 0) is 52.2 Å². The van der Waals surface area contributed by atoms with Crippen LogP contribution in [-0.2, 0) is 4.74 Å². The Kier molecular flexibility index (Phi) is 3.99. The summed E-state index contributed by atoms with van der Waals surface area (Å²) in [6, 6.07) is 8.82. The van der Waals surface area contributed by atoms with Crippen molar-refractivity contribution in [2.24, 2.45) is 0 Å². The molecule has 24 heavy (non-hydrogen) atoms. The summed E-state index contributed by atoms with van der Waals surface area (Å²) in [5.41, 5.74) is 4.64. The Morgan fingerprint density at radius 1 is 1.12 bits per heavy atom. The van der Waals surface area contributed by atoms with Gasteiger partial charge in [-0.15, -0.1) is 0 Å². The molecule has 0 fully saturated rings. The molecule has 4 aromatic rings. The van der Waals surface area contributed by atoms with Crippen molar-refractivity contribution in [1.29, 1.82) is 0 Å². The molecule has 2 aromatic carbocycles. The minimum Gasteiger partial charge on any atom is -0.462 e. The number of nitrogens with zero attached hydrogens (tertiary/aromatic N) is 4. The number of hydrogen-bond acceptors (Lipinski definition) is 8. The average molecular weight is 420 g/mol. The predicted molar refractivity (Wildman–Crippen MR) is 96.3 cm³/mol. The molecule has 119 valence electrons. The van der Waals surface area contributed by atoms with E-state index >= 15 is 0 Å². The maximum Gasteiger partial charge on any atom is 0.341 e. The number of esters is 1. The van der Waals surface area contributed by atoms with Crippen LogP contribution in [0.1, 0.15) is 17.3 Å². The summed E-state index contributed by atoms with van der Waals surface area (Å²) in [5, 5.41) is 0. The molecule has 0 aliphatic carbocycles. The number of rotatable bonds is 3. The molecule has 9 heteroatoms. The first-order valence-corrected chi connectivity index (χ1v) is 9.20. The Morgan fingerprint density at radius 2 is 1.83 bits per heavy atom. The van der Waals surface area contributed by atoms with E-state index in [1.165, 1.54) is 0 Å². The quantitative estimate of drug-likeness (QED) is 0.465. The van der Waals surface area contributed by atoms with Gasteiger partial charge in [0, 0.05) is 10.5 Å². The first-order valence-electron chi connectivity index (χ1n) is 6.95. The van der Waals surface area contributed by atoms with E-state index in [0.29, 0.717) is 16.6 Å². The van der Waals surface area contributed by atoms with Gasteiger partial charge in [0.25, 0.3) is 0 Å². The molecule has 0 bridgehead atoms. The smallest absolute Gasteiger partial charge is 0.341 e. The molecule has 0 aliphatic rings. The van der Waals surface area contributed by atoms with Crippen LogP contribution in [0.25, 0.3) is 33.2 Å². The van der Waals surface area contributed by atoms with Crippen molar-refractivity contribution in [1.82, 2.24) is 17.5 Å². The van der Waals surface area contributed by atoms with Crippen LogP contribution in [0, 0.1) is 6.07 Å². The van der Waals surface area contributed by atoms with Gasteiger partial charge in [0.2, 0.25) is 0 Å². The second kappa shape index (κ2) is 6.15. The van der Waals surface area contributed by atoms with Crippen molar-refractivity contribution in [2.75, 3.05) is 6.61 Å². The van der Waals surface area contributed by atoms with E-state index in [4.69, 9.17) is 4.74 Å². The highest BCUT2D eigenvalue weighted by atomic mass is 79.9. The third-order valence-electron chi connectivity index (χ3n) is 3.40. The minimum atomic E-state index is -0.451. The summed E-state index contributed by atoms with van der Waals surface area (Å²) in [6.45, 7) is 2.05. The van der Waals surface area contributed by atoms with E-state index in [1.807, 2.05) is 18.2 Å². The zero-order chi connectivity index (χ0) is 16.7. The third kappa shape index (κ3) is 2.58. The lowest BCUT2D eigenvalue weighted by Gasteiger charge is -2.06. The summed E-state index contributed by atoms with van der Waals surface area (Å²) in [6.07, 6.45) is 0. The van der Waals surface area contributed by atoms with Gasteiger partial charge in [-0.2, -0.15) is 17.5 Å². The van der Waals surface area contributed by atoms with E-state index in [2.05, 4.69) is 39.5 Å². The van der Waals surface area contributed by atoms with Gasteiger partial charge in [0.05, 0.1) is 35.6 Å². The third-order valence-corrected chi connectivity index (χ3v) is 5.09. The molecule has 0 spiro atoms. The summed E-state index contributed by atoms with van der Waals surface area (Å²) in [5.74, 6) is -0.451. The number of benzene rings is 2. The van der Waals surface area contributed by atoms with Crippen molar-refractivity contribution in [3.05, 3.63) is 34.3 Å². The summed E-state index contributed by atoms with van der Waals surface area (Å²) >= 11 is 5.72. The molecule has 0 unspecified atom stereocenters. The SMILES string of the molecule is CCOC(=O)c1[c]c(-c2cc(Br)c3nsnc3c2)cc2nsnc12. The number of ether oxygens (including phenoxy) is 1. The Hall–Kier alpha value is -1.97. The maximum atomic E-state index is 12.2. The molecule has 0 atom stereocenters. The van der Waals surface area contributed by atoms with Crippen LogP contribution < -0.4 is 0 Å². The Labute approximate surface area is 153 Å². The number of carbonyl (C=O) groups is 1. The summed E-state index contributed by atoms with van der Waals surface area (Å²) in [7, 11) is 0. The first kappa shape index (κ1) is 15.6. The highest BCUT2D eigenvalue weighted by molar-refractivity contribution is 9.10.